The topological polar surface area (TPSA) is 84.9 Å². The van der Waals surface area contributed by atoms with Gasteiger partial charge in [0.05, 0.1) is 29.9 Å². The Bertz CT molecular complexity index is 951. The van der Waals surface area contributed by atoms with E-state index in [2.05, 4.69) is 5.32 Å². The monoisotopic (exact) mass is 404 g/mol. The number of nitrogens with one attached hydrogen (secondary N) is 1. The molecule has 8 heteroatoms. The average Bonchev–Trinajstić information content (AvgIpc) is 2.67. The van der Waals surface area contributed by atoms with Crippen LogP contribution >= 0.6 is 0 Å². The van der Waals surface area contributed by atoms with Gasteiger partial charge < -0.3 is 14.8 Å². The maximum Gasteiger partial charge on any atom is 0.255 e. The van der Waals surface area contributed by atoms with Crippen LogP contribution in [0.4, 0.5) is 5.69 Å². The van der Waals surface area contributed by atoms with Crippen LogP contribution < -0.4 is 10.1 Å². The van der Waals surface area contributed by atoms with Gasteiger partial charge in [0, 0.05) is 18.7 Å². The predicted octanol–water partition coefficient (Wildman–Crippen LogP) is 2.75. The zero-order valence-electron chi connectivity index (χ0n) is 16.1. The highest BCUT2D eigenvalue weighted by atomic mass is 32.2. The zero-order valence-corrected chi connectivity index (χ0v) is 16.9. The molecule has 0 radical (unpaired) electrons. The summed E-state index contributed by atoms with van der Waals surface area (Å²) < 4.78 is 38.3. The molecule has 3 rings (SSSR count). The van der Waals surface area contributed by atoms with Crippen LogP contribution in [-0.4, -0.2) is 51.0 Å². The number of morpholine rings is 1. The first kappa shape index (κ1) is 20.3. The molecule has 0 spiro atoms. The normalized spacial score (nSPS) is 20.5. The summed E-state index contributed by atoms with van der Waals surface area (Å²) in [4.78, 5) is 12.7. The number of ether oxygens (including phenoxy) is 2. The van der Waals surface area contributed by atoms with Gasteiger partial charge in [0.1, 0.15) is 5.75 Å². The van der Waals surface area contributed by atoms with Crippen LogP contribution in [0.2, 0.25) is 0 Å². The first-order valence-electron chi connectivity index (χ1n) is 9.01. The molecule has 0 bridgehead atoms. The molecule has 0 saturated carbocycles. The summed E-state index contributed by atoms with van der Waals surface area (Å²) in [6.07, 6.45) is -0.369. The number of benzene rings is 2. The van der Waals surface area contributed by atoms with Crippen LogP contribution in [-0.2, 0) is 14.8 Å². The molecule has 7 nitrogen and oxygen atoms in total. The Balaban J connectivity index is 1.84. The summed E-state index contributed by atoms with van der Waals surface area (Å²) >= 11 is 0. The van der Waals surface area contributed by atoms with Crippen molar-refractivity contribution in [1.82, 2.24) is 4.31 Å². The van der Waals surface area contributed by atoms with Crippen LogP contribution in [0.5, 0.6) is 5.75 Å². The van der Waals surface area contributed by atoms with Gasteiger partial charge in [-0.1, -0.05) is 18.2 Å². The molecule has 1 fully saturated rings. The highest BCUT2D eigenvalue weighted by Crippen LogP contribution is 2.25. The number of hydrogen-bond acceptors (Lipinski definition) is 5. The molecule has 1 aliphatic rings. The minimum Gasteiger partial charge on any atom is -0.495 e. The summed E-state index contributed by atoms with van der Waals surface area (Å²) in [6.45, 7) is 4.25. The van der Waals surface area contributed by atoms with Gasteiger partial charge in [-0.15, -0.1) is 0 Å². The Labute approximate surface area is 165 Å². The maximum atomic E-state index is 13.0. The molecule has 2 aromatic carbocycles. The lowest BCUT2D eigenvalue weighted by molar-refractivity contribution is -0.0440. The average molecular weight is 404 g/mol. The Morgan fingerprint density at radius 1 is 1.11 bits per heavy atom. The van der Waals surface area contributed by atoms with Crippen LogP contribution in [0.3, 0.4) is 0 Å². The smallest absolute Gasteiger partial charge is 0.255 e. The van der Waals surface area contributed by atoms with Crippen LogP contribution in [0, 0.1) is 0 Å². The van der Waals surface area contributed by atoms with E-state index in [1.165, 1.54) is 23.5 Å². The minimum absolute atomic E-state index is 0.0847. The van der Waals surface area contributed by atoms with E-state index in [4.69, 9.17) is 9.47 Å². The van der Waals surface area contributed by atoms with Crippen molar-refractivity contribution < 1.29 is 22.7 Å². The van der Waals surface area contributed by atoms with E-state index in [1.807, 2.05) is 13.8 Å². The third-order valence-corrected chi connectivity index (χ3v) is 6.30. The second-order valence-electron chi connectivity index (χ2n) is 6.76. The standard InChI is InChI=1S/C20H24N2O5S/c1-14-12-22(13-15(2)27-14)28(24,25)17-8-6-7-16(11-17)20(23)21-18-9-4-5-10-19(18)26-3/h4-11,14-15H,12-13H2,1-3H3,(H,21,23)/t14-,15+. The highest BCUT2D eigenvalue weighted by molar-refractivity contribution is 7.89. The van der Waals surface area contributed by atoms with Crippen molar-refractivity contribution in [3.63, 3.8) is 0 Å². The molecule has 1 heterocycles. The van der Waals surface area contributed by atoms with E-state index >= 15 is 0 Å². The maximum absolute atomic E-state index is 13.0. The second kappa shape index (κ2) is 8.30. The van der Waals surface area contributed by atoms with Crippen molar-refractivity contribution >= 4 is 21.6 Å². The van der Waals surface area contributed by atoms with E-state index in [-0.39, 0.29) is 35.8 Å². The SMILES string of the molecule is COc1ccccc1NC(=O)c1cccc(S(=O)(=O)N2C[C@@H](C)O[C@@H](C)C2)c1. The Morgan fingerprint density at radius 2 is 1.79 bits per heavy atom. The van der Waals surface area contributed by atoms with Crippen LogP contribution in [0.25, 0.3) is 0 Å². The van der Waals surface area contributed by atoms with E-state index in [0.717, 1.165) is 0 Å². The molecule has 1 saturated heterocycles. The molecule has 0 aliphatic carbocycles. The van der Waals surface area contributed by atoms with Gasteiger partial charge in [0.2, 0.25) is 10.0 Å². The number of hydrogen-bond donors (Lipinski definition) is 1. The molecule has 1 N–H and O–H groups in total. The Kier molecular flexibility index (Phi) is 6.02. The van der Waals surface area contributed by atoms with Crippen molar-refractivity contribution in [2.45, 2.75) is 31.0 Å². The number of methoxy groups -OCH3 is 1. The molecular formula is C20H24N2O5S. The minimum atomic E-state index is -3.72. The first-order valence-corrected chi connectivity index (χ1v) is 10.5. The van der Waals surface area contributed by atoms with Crippen molar-refractivity contribution in [2.24, 2.45) is 0 Å². The van der Waals surface area contributed by atoms with Gasteiger partial charge in [-0.3, -0.25) is 4.79 Å². The predicted molar refractivity (Wildman–Crippen MR) is 106 cm³/mol. The van der Waals surface area contributed by atoms with Gasteiger partial charge in [-0.2, -0.15) is 4.31 Å². The molecule has 2 aromatic rings. The van der Waals surface area contributed by atoms with Crippen molar-refractivity contribution in [2.75, 3.05) is 25.5 Å². The summed E-state index contributed by atoms with van der Waals surface area (Å²) in [6, 6.07) is 13.1. The summed E-state index contributed by atoms with van der Waals surface area (Å²) in [7, 11) is -2.20. The van der Waals surface area contributed by atoms with Crippen molar-refractivity contribution in [3.8, 4) is 5.75 Å². The fraction of sp³-hybridized carbons (Fsp3) is 0.350. The number of carbonyl (C=O) groups excluding carboxylic acids is 1. The molecule has 1 aliphatic heterocycles. The molecule has 28 heavy (non-hydrogen) atoms. The molecule has 150 valence electrons. The van der Waals surface area contributed by atoms with Gasteiger partial charge in [-0.25, -0.2) is 8.42 Å². The molecular weight excluding hydrogens is 380 g/mol. The van der Waals surface area contributed by atoms with Crippen LogP contribution in [0.15, 0.2) is 53.4 Å². The fourth-order valence-corrected chi connectivity index (χ4v) is 4.85. The van der Waals surface area contributed by atoms with Crippen molar-refractivity contribution in [3.05, 3.63) is 54.1 Å². The fourth-order valence-electron chi connectivity index (χ4n) is 3.22. The number of anilines is 1. The third kappa shape index (κ3) is 4.35. The van der Waals surface area contributed by atoms with Gasteiger partial charge in [0.25, 0.3) is 5.91 Å². The van der Waals surface area contributed by atoms with Gasteiger partial charge in [-0.05, 0) is 44.2 Å². The first-order chi connectivity index (χ1) is 13.3. The quantitative estimate of drug-likeness (QED) is 0.828. The van der Waals surface area contributed by atoms with E-state index in [0.29, 0.717) is 11.4 Å². The summed E-state index contributed by atoms with van der Waals surface area (Å²) in [5.74, 6) is 0.112. The zero-order chi connectivity index (χ0) is 20.3. The number of amides is 1. The van der Waals surface area contributed by atoms with Crippen molar-refractivity contribution in [1.29, 1.82) is 0 Å². The van der Waals surface area contributed by atoms with E-state index in [1.54, 1.807) is 36.4 Å². The lowest BCUT2D eigenvalue weighted by Gasteiger charge is -2.34. The van der Waals surface area contributed by atoms with Gasteiger partial charge >= 0.3 is 0 Å². The van der Waals surface area contributed by atoms with Crippen LogP contribution in [0.1, 0.15) is 24.2 Å². The van der Waals surface area contributed by atoms with Gasteiger partial charge in [0.15, 0.2) is 0 Å². The van der Waals surface area contributed by atoms with E-state index in [9.17, 15) is 13.2 Å². The number of rotatable bonds is 5. The lowest BCUT2D eigenvalue weighted by atomic mass is 10.2. The number of nitrogens with zero attached hydrogens (tertiary/aromatic N) is 1. The second-order valence-corrected chi connectivity index (χ2v) is 8.70. The highest BCUT2D eigenvalue weighted by Gasteiger charge is 2.32. The summed E-state index contributed by atoms with van der Waals surface area (Å²) in [5, 5.41) is 2.76. The van der Waals surface area contributed by atoms with E-state index < -0.39 is 15.9 Å². The molecule has 2 atom stereocenters. The Morgan fingerprint density at radius 3 is 2.46 bits per heavy atom. The Hall–Kier alpha value is -2.42. The molecule has 0 unspecified atom stereocenters. The number of sulfonamides is 1. The number of carbonyl (C=O) groups is 1. The number of para-hydroxylation sites is 2. The largest absolute Gasteiger partial charge is 0.495 e. The third-order valence-electron chi connectivity index (χ3n) is 4.48. The summed E-state index contributed by atoms with van der Waals surface area (Å²) in [5.41, 5.74) is 0.764. The molecule has 0 aromatic heterocycles. The lowest BCUT2D eigenvalue weighted by Crippen LogP contribution is -2.48. The molecule has 1 amide bonds.